The maximum atomic E-state index is 13.7. The number of aromatic nitrogens is 1. The van der Waals surface area contributed by atoms with Crippen LogP contribution in [0.15, 0.2) is 28.8 Å². The number of nitrogens with zero attached hydrogens (tertiary/aromatic N) is 1. The van der Waals surface area contributed by atoms with Gasteiger partial charge in [-0.05, 0) is 44.1 Å². The van der Waals surface area contributed by atoms with Gasteiger partial charge in [0.25, 0.3) is 0 Å². The van der Waals surface area contributed by atoms with Crippen LogP contribution in [0.2, 0.25) is 0 Å². The van der Waals surface area contributed by atoms with Gasteiger partial charge in [0, 0.05) is 12.0 Å². The van der Waals surface area contributed by atoms with Crippen LogP contribution in [0.1, 0.15) is 25.7 Å². The lowest BCUT2D eigenvalue weighted by atomic mass is 10.2. The zero-order chi connectivity index (χ0) is 15.1. The lowest BCUT2D eigenvalue weighted by Crippen LogP contribution is -2.16. The first-order chi connectivity index (χ1) is 10.2. The van der Waals surface area contributed by atoms with E-state index in [1.54, 1.807) is 18.3 Å². The van der Waals surface area contributed by atoms with Crippen molar-refractivity contribution >= 4 is 0 Å². The predicted molar refractivity (Wildman–Crippen MR) is 79.9 cm³/mol. The van der Waals surface area contributed by atoms with E-state index in [2.05, 4.69) is 17.2 Å². The van der Waals surface area contributed by atoms with Crippen molar-refractivity contribution in [1.29, 1.82) is 0 Å². The summed E-state index contributed by atoms with van der Waals surface area (Å²) < 4.78 is 24.2. The predicted octanol–water partition coefficient (Wildman–Crippen LogP) is 3.42. The number of oxazole rings is 1. The van der Waals surface area contributed by atoms with Crippen LogP contribution in [0.5, 0.6) is 5.75 Å². The summed E-state index contributed by atoms with van der Waals surface area (Å²) in [4.78, 5) is 4.23. The number of nitrogens with one attached hydrogen (secondary N) is 1. The van der Waals surface area contributed by atoms with Crippen LogP contribution < -0.4 is 10.1 Å². The number of ether oxygens (including phenoxy) is 1. The average molecular weight is 292 g/mol. The Balaban J connectivity index is 1.94. The zero-order valence-corrected chi connectivity index (χ0v) is 12.5. The quantitative estimate of drug-likeness (QED) is 0.757. The smallest absolute Gasteiger partial charge is 0.194 e. The number of aryl methyl sites for hydroxylation is 1. The van der Waals surface area contributed by atoms with Crippen LogP contribution in [0.4, 0.5) is 4.39 Å². The van der Waals surface area contributed by atoms with Gasteiger partial charge < -0.3 is 14.5 Å². The summed E-state index contributed by atoms with van der Waals surface area (Å²) in [6, 6.07) is 4.74. The zero-order valence-electron chi connectivity index (χ0n) is 12.5. The normalized spacial score (nSPS) is 10.8. The van der Waals surface area contributed by atoms with Gasteiger partial charge in [-0.2, -0.15) is 0 Å². The van der Waals surface area contributed by atoms with Crippen molar-refractivity contribution in [1.82, 2.24) is 10.3 Å². The minimum absolute atomic E-state index is 0.223. The Morgan fingerprint density at radius 3 is 2.90 bits per heavy atom. The molecule has 0 saturated heterocycles. The fraction of sp³-hybridized carbons (Fsp3) is 0.438. The molecule has 0 aliphatic carbocycles. The lowest BCUT2D eigenvalue weighted by molar-refractivity contribution is 0.386. The molecule has 0 aliphatic rings. The summed E-state index contributed by atoms with van der Waals surface area (Å²) >= 11 is 0. The average Bonchev–Trinajstić information content (AvgIpc) is 2.96. The second kappa shape index (κ2) is 7.78. The SMILES string of the molecule is CCCNCCCc1ncc(-c2ccc(OC)c(F)c2)o1. The van der Waals surface area contributed by atoms with Crippen LogP contribution in [-0.4, -0.2) is 25.2 Å². The van der Waals surface area contributed by atoms with E-state index in [-0.39, 0.29) is 5.75 Å². The molecule has 0 radical (unpaired) electrons. The van der Waals surface area contributed by atoms with Crippen LogP contribution in [0.25, 0.3) is 11.3 Å². The van der Waals surface area contributed by atoms with Crippen molar-refractivity contribution in [2.24, 2.45) is 0 Å². The standard InChI is InChI=1S/C16H21FN2O2/c1-3-8-18-9-4-5-16-19-11-15(21-16)12-6-7-14(20-2)13(17)10-12/h6-7,10-11,18H,3-5,8-9H2,1-2H3. The molecule has 4 nitrogen and oxygen atoms in total. The molecule has 0 spiro atoms. The van der Waals surface area contributed by atoms with E-state index < -0.39 is 5.82 Å². The molecule has 0 saturated carbocycles. The van der Waals surface area contributed by atoms with Crippen LogP contribution in [0, 0.1) is 5.82 Å². The largest absolute Gasteiger partial charge is 0.494 e. The lowest BCUT2D eigenvalue weighted by Gasteiger charge is -2.03. The topological polar surface area (TPSA) is 47.3 Å². The van der Waals surface area contributed by atoms with Crippen LogP contribution >= 0.6 is 0 Å². The molecule has 5 heteroatoms. The minimum Gasteiger partial charge on any atom is -0.494 e. The highest BCUT2D eigenvalue weighted by atomic mass is 19.1. The first-order valence-corrected chi connectivity index (χ1v) is 7.24. The Morgan fingerprint density at radius 2 is 2.19 bits per heavy atom. The summed E-state index contributed by atoms with van der Waals surface area (Å²) in [7, 11) is 1.44. The van der Waals surface area contributed by atoms with Crippen LogP contribution in [-0.2, 0) is 6.42 Å². The van der Waals surface area contributed by atoms with E-state index in [0.717, 1.165) is 32.4 Å². The first-order valence-electron chi connectivity index (χ1n) is 7.24. The first kappa shape index (κ1) is 15.5. The second-order valence-electron chi connectivity index (χ2n) is 4.82. The van der Waals surface area contributed by atoms with Crippen molar-refractivity contribution in [3.63, 3.8) is 0 Å². The Kier molecular flexibility index (Phi) is 5.75. The molecule has 0 unspecified atom stereocenters. The highest BCUT2D eigenvalue weighted by Gasteiger charge is 2.09. The number of hydrogen-bond acceptors (Lipinski definition) is 4. The molecule has 1 heterocycles. The molecule has 1 aromatic carbocycles. The second-order valence-corrected chi connectivity index (χ2v) is 4.82. The highest BCUT2D eigenvalue weighted by molar-refractivity contribution is 5.57. The summed E-state index contributed by atoms with van der Waals surface area (Å²) in [6.07, 6.45) is 4.51. The van der Waals surface area contributed by atoms with E-state index in [1.807, 2.05) is 0 Å². The van der Waals surface area contributed by atoms with Crippen molar-refractivity contribution in [3.05, 3.63) is 36.1 Å². The molecule has 0 bridgehead atoms. The van der Waals surface area contributed by atoms with Gasteiger partial charge in [-0.15, -0.1) is 0 Å². The van der Waals surface area contributed by atoms with Crippen LogP contribution in [0.3, 0.4) is 0 Å². The van der Waals surface area contributed by atoms with Gasteiger partial charge in [-0.3, -0.25) is 0 Å². The van der Waals surface area contributed by atoms with Crippen molar-refractivity contribution < 1.29 is 13.5 Å². The summed E-state index contributed by atoms with van der Waals surface area (Å²) in [5.74, 6) is 1.07. The fourth-order valence-electron chi connectivity index (χ4n) is 2.05. The Hall–Kier alpha value is -1.88. The highest BCUT2D eigenvalue weighted by Crippen LogP contribution is 2.26. The molecule has 2 aromatic rings. The van der Waals surface area contributed by atoms with Gasteiger partial charge in [0.15, 0.2) is 23.2 Å². The molecule has 0 aliphatic heterocycles. The molecule has 0 fully saturated rings. The monoisotopic (exact) mass is 292 g/mol. The number of halogens is 1. The van der Waals surface area contributed by atoms with Crippen molar-refractivity contribution in [2.75, 3.05) is 20.2 Å². The molecule has 0 atom stereocenters. The van der Waals surface area contributed by atoms with Gasteiger partial charge in [-0.1, -0.05) is 6.92 Å². The third-order valence-electron chi connectivity index (χ3n) is 3.16. The van der Waals surface area contributed by atoms with Gasteiger partial charge in [0.2, 0.25) is 0 Å². The molecule has 2 rings (SSSR count). The van der Waals surface area contributed by atoms with Gasteiger partial charge in [0.1, 0.15) is 0 Å². The molecule has 1 N–H and O–H groups in total. The van der Waals surface area contributed by atoms with E-state index in [9.17, 15) is 4.39 Å². The number of rotatable bonds is 8. The van der Waals surface area contributed by atoms with E-state index in [4.69, 9.17) is 9.15 Å². The molecular formula is C16H21FN2O2. The fourth-order valence-corrected chi connectivity index (χ4v) is 2.05. The van der Waals surface area contributed by atoms with Crippen molar-refractivity contribution in [2.45, 2.75) is 26.2 Å². The third kappa shape index (κ3) is 4.29. The maximum Gasteiger partial charge on any atom is 0.194 e. The summed E-state index contributed by atoms with van der Waals surface area (Å²) in [5.41, 5.74) is 0.663. The number of methoxy groups -OCH3 is 1. The Morgan fingerprint density at radius 1 is 1.33 bits per heavy atom. The Labute approximate surface area is 124 Å². The van der Waals surface area contributed by atoms with Crippen molar-refractivity contribution in [3.8, 4) is 17.1 Å². The van der Waals surface area contributed by atoms with E-state index in [1.165, 1.54) is 13.2 Å². The maximum absolute atomic E-state index is 13.7. The van der Waals surface area contributed by atoms with E-state index >= 15 is 0 Å². The summed E-state index contributed by atoms with van der Waals surface area (Å²) in [6.45, 7) is 4.12. The molecule has 114 valence electrons. The summed E-state index contributed by atoms with van der Waals surface area (Å²) in [5, 5.41) is 3.33. The Bertz CT molecular complexity index is 569. The molecule has 1 aromatic heterocycles. The minimum atomic E-state index is -0.406. The third-order valence-corrected chi connectivity index (χ3v) is 3.16. The molecule has 0 amide bonds. The van der Waals surface area contributed by atoms with E-state index in [0.29, 0.717) is 17.2 Å². The van der Waals surface area contributed by atoms with Gasteiger partial charge in [0.05, 0.1) is 13.3 Å². The number of hydrogen-bond donors (Lipinski definition) is 1. The van der Waals surface area contributed by atoms with Gasteiger partial charge in [-0.25, -0.2) is 9.37 Å². The molecular weight excluding hydrogens is 271 g/mol. The van der Waals surface area contributed by atoms with Gasteiger partial charge >= 0.3 is 0 Å². The molecule has 21 heavy (non-hydrogen) atoms. The number of benzene rings is 1.